The molecule has 0 bridgehead atoms. The molecule has 2 amide bonds. The first-order chi connectivity index (χ1) is 9.54. The zero-order valence-electron chi connectivity index (χ0n) is 11.4. The molecule has 2 unspecified atom stereocenters. The van der Waals surface area contributed by atoms with E-state index >= 15 is 0 Å². The minimum absolute atomic E-state index is 0.209. The van der Waals surface area contributed by atoms with E-state index in [0.717, 1.165) is 0 Å². The third-order valence-corrected chi connectivity index (χ3v) is 2.78. The van der Waals surface area contributed by atoms with E-state index in [2.05, 4.69) is 15.7 Å². The lowest BCUT2D eigenvalue weighted by atomic mass is 10.1. The molecule has 0 aromatic carbocycles. The highest BCUT2D eigenvalue weighted by atomic mass is 16.4. The van der Waals surface area contributed by atoms with Crippen LogP contribution in [0.25, 0.3) is 0 Å². The SMILES string of the molecule is CC(CC(O)c1ccco1)NC(=O)Nc1ccn(C)n1. The van der Waals surface area contributed by atoms with Crippen LogP contribution in [-0.4, -0.2) is 27.0 Å². The molecule has 2 atom stereocenters. The number of aliphatic hydroxyl groups is 1. The number of anilines is 1. The van der Waals surface area contributed by atoms with Gasteiger partial charge in [0.15, 0.2) is 5.82 Å². The van der Waals surface area contributed by atoms with Gasteiger partial charge in [0.1, 0.15) is 11.9 Å². The van der Waals surface area contributed by atoms with Gasteiger partial charge in [-0.25, -0.2) is 4.79 Å². The van der Waals surface area contributed by atoms with E-state index < -0.39 is 6.10 Å². The lowest BCUT2D eigenvalue weighted by Gasteiger charge is -2.16. The van der Waals surface area contributed by atoms with Crippen LogP contribution in [0.3, 0.4) is 0 Å². The fourth-order valence-corrected chi connectivity index (χ4v) is 1.85. The molecule has 20 heavy (non-hydrogen) atoms. The summed E-state index contributed by atoms with van der Waals surface area (Å²) in [7, 11) is 1.77. The molecule has 2 aromatic rings. The van der Waals surface area contributed by atoms with Gasteiger partial charge in [-0.05, 0) is 19.1 Å². The van der Waals surface area contributed by atoms with E-state index in [1.807, 2.05) is 6.92 Å². The van der Waals surface area contributed by atoms with Gasteiger partial charge in [0, 0.05) is 31.8 Å². The van der Waals surface area contributed by atoms with Gasteiger partial charge in [0.05, 0.1) is 6.26 Å². The Balaban J connectivity index is 1.79. The van der Waals surface area contributed by atoms with Crippen LogP contribution in [0.15, 0.2) is 35.1 Å². The average molecular weight is 278 g/mol. The summed E-state index contributed by atoms with van der Waals surface area (Å²) in [6.45, 7) is 1.81. The van der Waals surface area contributed by atoms with E-state index in [9.17, 15) is 9.90 Å². The molecular formula is C13H18N4O3. The van der Waals surface area contributed by atoms with Gasteiger partial charge in [-0.3, -0.25) is 10.00 Å². The molecule has 2 rings (SSSR count). The number of hydrogen-bond acceptors (Lipinski definition) is 4. The van der Waals surface area contributed by atoms with Crippen LogP contribution in [0, 0.1) is 0 Å². The molecule has 2 aromatic heterocycles. The van der Waals surface area contributed by atoms with Crippen molar-refractivity contribution in [3.63, 3.8) is 0 Å². The van der Waals surface area contributed by atoms with Gasteiger partial charge >= 0.3 is 6.03 Å². The lowest BCUT2D eigenvalue weighted by Crippen LogP contribution is -2.37. The fraction of sp³-hybridized carbons (Fsp3) is 0.385. The summed E-state index contributed by atoms with van der Waals surface area (Å²) in [6.07, 6.45) is 2.86. The third kappa shape index (κ3) is 3.86. The number of amides is 2. The zero-order valence-corrected chi connectivity index (χ0v) is 11.4. The van der Waals surface area contributed by atoms with Crippen molar-refractivity contribution in [1.29, 1.82) is 0 Å². The maximum Gasteiger partial charge on any atom is 0.320 e. The average Bonchev–Trinajstić information content (AvgIpc) is 3.00. The minimum atomic E-state index is -0.741. The molecule has 3 N–H and O–H groups in total. The van der Waals surface area contributed by atoms with Gasteiger partial charge in [0.2, 0.25) is 0 Å². The van der Waals surface area contributed by atoms with E-state index in [1.165, 1.54) is 6.26 Å². The largest absolute Gasteiger partial charge is 0.467 e. The Morgan fingerprint density at radius 3 is 2.95 bits per heavy atom. The van der Waals surface area contributed by atoms with Crippen LogP contribution in [0.2, 0.25) is 0 Å². The highest BCUT2D eigenvalue weighted by molar-refractivity contribution is 5.88. The molecule has 0 saturated carbocycles. The normalized spacial score (nSPS) is 13.8. The highest BCUT2D eigenvalue weighted by Crippen LogP contribution is 2.18. The van der Waals surface area contributed by atoms with Crippen molar-refractivity contribution in [2.75, 3.05) is 5.32 Å². The number of aryl methyl sites for hydroxylation is 1. The molecule has 108 valence electrons. The summed E-state index contributed by atoms with van der Waals surface area (Å²) in [4.78, 5) is 11.7. The molecule has 7 nitrogen and oxygen atoms in total. The van der Waals surface area contributed by atoms with Crippen molar-refractivity contribution in [2.24, 2.45) is 7.05 Å². The van der Waals surface area contributed by atoms with E-state index in [-0.39, 0.29) is 12.1 Å². The summed E-state index contributed by atoms with van der Waals surface area (Å²) in [5, 5.41) is 19.3. The Hall–Kier alpha value is -2.28. The summed E-state index contributed by atoms with van der Waals surface area (Å²) in [5.41, 5.74) is 0. The molecular weight excluding hydrogens is 260 g/mol. The zero-order chi connectivity index (χ0) is 14.5. The van der Waals surface area contributed by atoms with Gasteiger partial charge in [-0.1, -0.05) is 0 Å². The molecule has 0 saturated heterocycles. The Kier molecular flexibility index (Phi) is 4.41. The smallest absolute Gasteiger partial charge is 0.320 e. The Morgan fingerprint density at radius 1 is 1.55 bits per heavy atom. The topological polar surface area (TPSA) is 92.3 Å². The second-order valence-electron chi connectivity index (χ2n) is 4.64. The molecule has 0 radical (unpaired) electrons. The first-order valence-corrected chi connectivity index (χ1v) is 6.33. The number of aromatic nitrogens is 2. The van der Waals surface area contributed by atoms with Crippen molar-refractivity contribution >= 4 is 11.8 Å². The fourth-order valence-electron chi connectivity index (χ4n) is 1.85. The Labute approximate surface area is 116 Å². The number of furan rings is 1. The summed E-state index contributed by atoms with van der Waals surface area (Å²) in [5.74, 6) is 0.965. The minimum Gasteiger partial charge on any atom is -0.467 e. The van der Waals surface area contributed by atoms with Crippen LogP contribution in [0.1, 0.15) is 25.2 Å². The maximum absolute atomic E-state index is 11.7. The van der Waals surface area contributed by atoms with Gasteiger partial charge in [-0.15, -0.1) is 0 Å². The van der Waals surface area contributed by atoms with Gasteiger partial charge in [0.25, 0.3) is 0 Å². The van der Waals surface area contributed by atoms with Gasteiger partial charge < -0.3 is 14.8 Å². The third-order valence-electron chi connectivity index (χ3n) is 2.78. The van der Waals surface area contributed by atoms with Crippen molar-refractivity contribution in [1.82, 2.24) is 15.1 Å². The maximum atomic E-state index is 11.7. The van der Waals surface area contributed by atoms with Gasteiger partial charge in [-0.2, -0.15) is 5.10 Å². The first-order valence-electron chi connectivity index (χ1n) is 6.33. The number of hydrogen-bond donors (Lipinski definition) is 3. The molecule has 0 aliphatic carbocycles. The van der Waals surface area contributed by atoms with Crippen molar-refractivity contribution in [2.45, 2.75) is 25.5 Å². The van der Waals surface area contributed by atoms with Crippen LogP contribution in [0.4, 0.5) is 10.6 Å². The predicted octanol–water partition coefficient (Wildman–Crippen LogP) is 1.65. The molecule has 0 aliphatic heterocycles. The number of nitrogens with zero attached hydrogens (tertiary/aromatic N) is 2. The molecule has 2 heterocycles. The lowest BCUT2D eigenvalue weighted by molar-refractivity contribution is 0.130. The van der Waals surface area contributed by atoms with Crippen molar-refractivity contribution in [3.05, 3.63) is 36.4 Å². The molecule has 0 aliphatic rings. The predicted molar refractivity (Wildman–Crippen MR) is 73.1 cm³/mol. The van der Waals surface area contributed by atoms with E-state index in [4.69, 9.17) is 4.42 Å². The quantitative estimate of drug-likeness (QED) is 0.775. The number of carbonyl (C=O) groups is 1. The molecule has 7 heteroatoms. The summed E-state index contributed by atoms with van der Waals surface area (Å²) >= 11 is 0. The van der Waals surface area contributed by atoms with Crippen molar-refractivity contribution < 1.29 is 14.3 Å². The number of nitrogens with one attached hydrogen (secondary N) is 2. The second kappa shape index (κ2) is 6.25. The monoisotopic (exact) mass is 278 g/mol. The van der Waals surface area contributed by atoms with Crippen LogP contribution >= 0.6 is 0 Å². The summed E-state index contributed by atoms with van der Waals surface area (Å²) in [6, 6.07) is 4.54. The Morgan fingerprint density at radius 2 is 2.35 bits per heavy atom. The Bertz CT molecular complexity index is 550. The van der Waals surface area contributed by atoms with E-state index in [1.54, 1.807) is 36.1 Å². The van der Waals surface area contributed by atoms with Crippen LogP contribution in [-0.2, 0) is 7.05 Å². The standard InChI is InChI=1S/C13H18N4O3/c1-9(8-10(18)11-4-3-7-20-11)14-13(19)15-12-5-6-17(2)16-12/h3-7,9-10,18H,8H2,1-2H3,(H2,14,15,16,19). The van der Waals surface area contributed by atoms with E-state index in [0.29, 0.717) is 18.0 Å². The number of rotatable bonds is 5. The van der Waals surface area contributed by atoms with Crippen molar-refractivity contribution in [3.8, 4) is 0 Å². The number of aliphatic hydroxyl groups excluding tert-OH is 1. The molecule has 0 spiro atoms. The number of urea groups is 1. The highest BCUT2D eigenvalue weighted by Gasteiger charge is 2.16. The van der Waals surface area contributed by atoms with Crippen LogP contribution < -0.4 is 10.6 Å². The number of carbonyl (C=O) groups excluding carboxylic acids is 1. The summed E-state index contributed by atoms with van der Waals surface area (Å²) < 4.78 is 6.71. The second-order valence-corrected chi connectivity index (χ2v) is 4.64. The molecule has 0 fully saturated rings. The van der Waals surface area contributed by atoms with Crippen LogP contribution in [0.5, 0.6) is 0 Å². The first kappa shape index (κ1) is 14.1.